The van der Waals surface area contributed by atoms with Crippen LogP contribution in [-0.2, 0) is 9.53 Å². The van der Waals surface area contributed by atoms with Gasteiger partial charge in [-0.3, -0.25) is 14.9 Å². The molecule has 92 valence electrons. The molecule has 1 aromatic carbocycles. The van der Waals surface area contributed by atoms with E-state index in [1.165, 1.54) is 14.0 Å². The van der Waals surface area contributed by atoms with E-state index in [9.17, 15) is 14.9 Å². The molecule has 0 aromatic heterocycles. The Morgan fingerprint density at radius 3 is 2.41 bits per heavy atom. The van der Waals surface area contributed by atoms with Crippen molar-refractivity contribution in [3.8, 4) is 0 Å². The third kappa shape index (κ3) is 3.64. The summed E-state index contributed by atoms with van der Waals surface area (Å²) in [5, 5.41) is 10.7. The van der Waals surface area contributed by atoms with Gasteiger partial charge in [0.15, 0.2) is 5.78 Å². The van der Waals surface area contributed by atoms with Crippen LogP contribution >= 0.6 is 0 Å². The van der Waals surface area contributed by atoms with Crippen LogP contribution in [0.2, 0.25) is 0 Å². The van der Waals surface area contributed by atoms with Crippen molar-refractivity contribution in [2.24, 2.45) is 0 Å². The van der Waals surface area contributed by atoms with Gasteiger partial charge < -0.3 is 4.74 Å². The summed E-state index contributed by atoms with van der Waals surface area (Å²) >= 11 is 0. The molecule has 0 aliphatic heterocycles. The number of carbonyl (C=O) groups is 1. The standard InChI is InChI=1S/C12H15NO4/c1-9(14)12(17-2)11(8-13(15)16)10-6-4-3-5-7-10/h3-7,11-12H,8H2,1-2H3/t11-,12+/m0/s1. The Bertz CT molecular complexity index is 391. The molecule has 2 atom stereocenters. The minimum Gasteiger partial charge on any atom is -0.373 e. The van der Waals surface area contributed by atoms with E-state index >= 15 is 0 Å². The first-order valence-corrected chi connectivity index (χ1v) is 5.26. The molecule has 0 fully saturated rings. The summed E-state index contributed by atoms with van der Waals surface area (Å²) < 4.78 is 5.08. The molecular formula is C12H15NO4. The van der Waals surface area contributed by atoms with E-state index in [2.05, 4.69) is 0 Å². The first-order chi connectivity index (χ1) is 8.06. The highest BCUT2D eigenvalue weighted by Gasteiger charge is 2.31. The Kier molecular flexibility index (Phi) is 4.78. The summed E-state index contributed by atoms with van der Waals surface area (Å²) in [5.41, 5.74) is 0.742. The van der Waals surface area contributed by atoms with E-state index in [1.54, 1.807) is 24.3 Å². The van der Waals surface area contributed by atoms with Crippen LogP contribution in [0, 0.1) is 10.1 Å². The number of rotatable bonds is 6. The van der Waals surface area contributed by atoms with Crippen LogP contribution < -0.4 is 0 Å². The van der Waals surface area contributed by atoms with Crippen LogP contribution in [0.3, 0.4) is 0 Å². The van der Waals surface area contributed by atoms with Crippen LogP contribution in [0.25, 0.3) is 0 Å². The van der Waals surface area contributed by atoms with E-state index < -0.39 is 16.9 Å². The lowest BCUT2D eigenvalue weighted by molar-refractivity contribution is -0.485. The number of hydrogen-bond acceptors (Lipinski definition) is 4. The summed E-state index contributed by atoms with van der Waals surface area (Å²) in [4.78, 5) is 21.7. The van der Waals surface area contributed by atoms with Crippen LogP contribution in [-0.4, -0.2) is 30.5 Å². The quantitative estimate of drug-likeness (QED) is 0.557. The molecule has 0 heterocycles. The van der Waals surface area contributed by atoms with Crippen molar-refractivity contribution in [3.63, 3.8) is 0 Å². The zero-order chi connectivity index (χ0) is 12.8. The van der Waals surface area contributed by atoms with E-state index in [0.717, 1.165) is 5.56 Å². The molecule has 1 rings (SSSR count). The Hall–Kier alpha value is -1.75. The van der Waals surface area contributed by atoms with Crippen molar-refractivity contribution in [2.45, 2.75) is 18.9 Å². The van der Waals surface area contributed by atoms with Gasteiger partial charge in [-0.2, -0.15) is 0 Å². The molecule has 5 nitrogen and oxygen atoms in total. The van der Waals surface area contributed by atoms with Crippen LogP contribution in [0.1, 0.15) is 18.4 Å². The number of benzene rings is 1. The second-order valence-electron chi connectivity index (χ2n) is 3.80. The van der Waals surface area contributed by atoms with Crippen LogP contribution in [0.4, 0.5) is 0 Å². The van der Waals surface area contributed by atoms with Crippen molar-refractivity contribution in [3.05, 3.63) is 46.0 Å². The highest BCUT2D eigenvalue weighted by atomic mass is 16.6. The summed E-state index contributed by atoms with van der Waals surface area (Å²) in [7, 11) is 1.39. The second kappa shape index (κ2) is 6.10. The molecule has 0 saturated heterocycles. The number of ketones is 1. The molecule has 0 unspecified atom stereocenters. The highest BCUT2D eigenvalue weighted by Crippen LogP contribution is 2.22. The molecule has 0 bridgehead atoms. The van der Waals surface area contributed by atoms with Crippen LogP contribution in [0.5, 0.6) is 0 Å². The Labute approximate surface area is 99.5 Å². The fourth-order valence-electron chi connectivity index (χ4n) is 1.85. The van der Waals surface area contributed by atoms with E-state index in [4.69, 9.17) is 4.74 Å². The summed E-state index contributed by atoms with van der Waals surface area (Å²) in [6.45, 7) is 1.06. The lowest BCUT2D eigenvalue weighted by atomic mass is 9.91. The number of carbonyl (C=O) groups excluding carboxylic acids is 1. The van der Waals surface area contributed by atoms with Gasteiger partial charge in [-0.25, -0.2) is 0 Å². The SMILES string of the molecule is CO[C@H](C(C)=O)[C@@H](C[N+](=O)[O-])c1ccccc1. The van der Waals surface area contributed by atoms with Gasteiger partial charge in [0.1, 0.15) is 6.10 Å². The fraction of sp³-hybridized carbons (Fsp3) is 0.417. The van der Waals surface area contributed by atoms with Crippen LogP contribution in [0.15, 0.2) is 30.3 Å². The zero-order valence-corrected chi connectivity index (χ0v) is 9.83. The maximum atomic E-state index is 11.4. The van der Waals surface area contributed by atoms with Gasteiger partial charge in [0, 0.05) is 12.0 Å². The Balaban J connectivity index is 3.02. The van der Waals surface area contributed by atoms with Gasteiger partial charge in [-0.05, 0) is 12.5 Å². The summed E-state index contributed by atoms with van der Waals surface area (Å²) in [6, 6.07) is 8.93. The molecule has 0 saturated carbocycles. The highest BCUT2D eigenvalue weighted by molar-refractivity contribution is 5.81. The number of methoxy groups -OCH3 is 1. The third-order valence-electron chi connectivity index (χ3n) is 2.59. The van der Waals surface area contributed by atoms with E-state index in [0.29, 0.717) is 0 Å². The Morgan fingerprint density at radius 1 is 1.41 bits per heavy atom. The monoisotopic (exact) mass is 237 g/mol. The first kappa shape index (κ1) is 13.3. The van der Waals surface area contributed by atoms with E-state index in [-0.39, 0.29) is 12.3 Å². The minimum atomic E-state index is -0.775. The molecule has 1 aromatic rings. The zero-order valence-electron chi connectivity index (χ0n) is 9.83. The normalized spacial score (nSPS) is 14.0. The maximum Gasteiger partial charge on any atom is 0.213 e. The smallest absolute Gasteiger partial charge is 0.213 e. The van der Waals surface area contributed by atoms with Crippen molar-refractivity contribution in [1.82, 2.24) is 0 Å². The lowest BCUT2D eigenvalue weighted by Gasteiger charge is -2.21. The van der Waals surface area contributed by atoms with Crippen molar-refractivity contribution in [1.29, 1.82) is 0 Å². The number of nitrogens with zero attached hydrogens (tertiary/aromatic N) is 1. The molecule has 0 aliphatic carbocycles. The average Bonchev–Trinajstić information content (AvgIpc) is 2.29. The fourth-order valence-corrected chi connectivity index (χ4v) is 1.85. The molecule has 5 heteroatoms. The molecular weight excluding hydrogens is 222 g/mol. The predicted octanol–water partition coefficient (Wildman–Crippen LogP) is 1.65. The molecule has 0 amide bonds. The minimum absolute atomic E-state index is 0.205. The van der Waals surface area contributed by atoms with Gasteiger partial charge in [0.05, 0.1) is 5.92 Å². The summed E-state index contributed by atoms with van der Waals surface area (Å²) in [5.74, 6) is -0.753. The van der Waals surface area contributed by atoms with Gasteiger partial charge in [0.25, 0.3) is 0 Å². The molecule has 17 heavy (non-hydrogen) atoms. The summed E-state index contributed by atoms with van der Waals surface area (Å²) in [6.07, 6.45) is -0.775. The molecule has 0 radical (unpaired) electrons. The van der Waals surface area contributed by atoms with Crippen molar-refractivity contribution < 1.29 is 14.5 Å². The van der Waals surface area contributed by atoms with Gasteiger partial charge in [0.2, 0.25) is 6.54 Å². The number of ether oxygens (including phenoxy) is 1. The lowest BCUT2D eigenvalue weighted by Crippen LogP contribution is -2.32. The van der Waals surface area contributed by atoms with Gasteiger partial charge in [-0.15, -0.1) is 0 Å². The van der Waals surface area contributed by atoms with E-state index in [1.807, 2.05) is 6.07 Å². The first-order valence-electron chi connectivity index (χ1n) is 5.26. The molecule has 0 N–H and O–H groups in total. The number of nitro groups is 1. The average molecular weight is 237 g/mol. The second-order valence-corrected chi connectivity index (χ2v) is 3.80. The number of hydrogen-bond donors (Lipinski definition) is 0. The topological polar surface area (TPSA) is 69.4 Å². The molecule has 0 spiro atoms. The van der Waals surface area contributed by atoms with Crippen molar-refractivity contribution >= 4 is 5.78 Å². The van der Waals surface area contributed by atoms with Gasteiger partial charge in [-0.1, -0.05) is 30.3 Å². The van der Waals surface area contributed by atoms with Gasteiger partial charge >= 0.3 is 0 Å². The third-order valence-corrected chi connectivity index (χ3v) is 2.59. The predicted molar refractivity (Wildman–Crippen MR) is 62.5 cm³/mol. The maximum absolute atomic E-state index is 11.4. The van der Waals surface area contributed by atoms with Crippen molar-refractivity contribution in [2.75, 3.05) is 13.7 Å². The number of Topliss-reactive ketones (excluding diaryl/α,β-unsaturated/α-hetero) is 1. The largest absolute Gasteiger partial charge is 0.373 e. The Morgan fingerprint density at radius 2 is 2.00 bits per heavy atom. The molecule has 0 aliphatic rings.